The van der Waals surface area contributed by atoms with Crippen molar-refractivity contribution in [2.24, 2.45) is 22.9 Å². The summed E-state index contributed by atoms with van der Waals surface area (Å²) in [5.74, 6) is -1.61. The lowest BCUT2D eigenvalue weighted by atomic mass is 10.1. The average molecular weight is 1770 g/mol. The zero-order valence-corrected chi connectivity index (χ0v) is 73.3. The van der Waals surface area contributed by atoms with Gasteiger partial charge in [-0.1, -0.05) is 97.1 Å². The molecular weight excluding hydrogens is 1680 g/mol. The van der Waals surface area contributed by atoms with Gasteiger partial charge in [0.05, 0.1) is 47.9 Å². The molecular formula is C103H92N18O12. The van der Waals surface area contributed by atoms with E-state index in [4.69, 9.17) is 28.0 Å². The summed E-state index contributed by atoms with van der Waals surface area (Å²) >= 11 is 0. The van der Waals surface area contributed by atoms with Crippen LogP contribution in [-0.4, -0.2) is 124 Å². The number of ketones is 5. The van der Waals surface area contributed by atoms with Gasteiger partial charge in [0.25, 0.3) is 5.69 Å². The van der Waals surface area contributed by atoms with E-state index >= 15 is 0 Å². The maximum Gasteiger partial charge on any atom is 0.294 e. The largest absolute Gasteiger partial charge is 0.392 e. The summed E-state index contributed by atoms with van der Waals surface area (Å²) in [5.41, 5.74) is 39.5. The van der Waals surface area contributed by atoms with E-state index in [1.165, 1.54) is 25.1 Å². The van der Waals surface area contributed by atoms with Gasteiger partial charge in [-0.2, -0.15) is 0 Å². The van der Waals surface area contributed by atoms with Gasteiger partial charge in [-0.3, -0.25) is 48.5 Å². The zero-order chi connectivity index (χ0) is 93.6. The number of amides is 4. The molecule has 0 bridgehead atoms. The zero-order valence-electron chi connectivity index (χ0n) is 73.3. The van der Waals surface area contributed by atoms with Gasteiger partial charge in [0.1, 0.15) is 11.5 Å². The molecule has 20 rings (SSSR count). The number of H-pyrrole nitrogens is 1. The van der Waals surface area contributed by atoms with Crippen molar-refractivity contribution >= 4 is 167 Å². The highest BCUT2D eigenvalue weighted by Crippen LogP contribution is 2.40. The van der Waals surface area contributed by atoms with E-state index in [-0.39, 0.29) is 89.4 Å². The molecule has 0 aliphatic carbocycles. The predicted octanol–water partition coefficient (Wildman–Crippen LogP) is 16.8. The number of nitrogens with one attached hydrogen (secondary N) is 1. The number of Topliss-reactive ketones (excluding diaryl/α,β-unsaturated/α-hetero) is 5. The molecule has 133 heavy (non-hydrogen) atoms. The Kier molecular flexibility index (Phi) is 25.8. The van der Waals surface area contributed by atoms with Gasteiger partial charge in [0, 0.05) is 251 Å². The number of primary amides is 4. The number of hydrogen-bond donors (Lipinski definition) is 6. The molecule has 0 spiro atoms. The fourth-order valence-corrected chi connectivity index (χ4v) is 17.0. The third kappa shape index (κ3) is 19.2. The number of aryl methyl sites for hydroxylation is 4. The van der Waals surface area contributed by atoms with E-state index in [0.717, 1.165) is 137 Å². The van der Waals surface area contributed by atoms with Crippen LogP contribution < -0.4 is 22.9 Å². The molecule has 0 saturated heterocycles. The normalized spacial score (nSPS) is 11.3. The summed E-state index contributed by atoms with van der Waals surface area (Å²) < 4.78 is 15.9. The van der Waals surface area contributed by atoms with E-state index < -0.39 is 10.8 Å². The van der Waals surface area contributed by atoms with E-state index in [2.05, 4.69) is 93.2 Å². The quantitative estimate of drug-likeness (QED) is 0.0167. The van der Waals surface area contributed by atoms with Crippen molar-refractivity contribution in [3.8, 4) is 17.1 Å². The number of aliphatic hydroxyl groups is 1. The van der Waals surface area contributed by atoms with Crippen molar-refractivity contribution < 1.29 is 53.2 Å². The first-order valence-electron chi connectivity index (χ1n) is 42.8. The molecule has 0 radical (unpaired) electrons. The average Bonchev–Trinajstić information content (AvgIpc) is 1.58. The second-order valence-corrected chi connectivity index (χ2v) is 32.7. The summed E-state index contributed by atoms with van der Waals surface area (Å²) in [5, 5.41) is 31.6. The minimum Gasteiger partial charge on any atom is -0.392 e. The molecule has 0 fully saturated rings. The molecule has 11 aromatic carbocycles. The fraction of sp³-hybridized carbons (Fsp3) is 0.155. The number of carbonyl (C=O) groups is 9. The molecule has 0 aliphatic heterocycles. The molecule has 666 valence electrons. The first-order chi connectivity index (χ1) is 64.1. The molecule has 9 aromatic heterocycles. The number of nitrogens with two attached hydrogens (primary N) is 4. The summed E-state index contributed by atoms with van der Waals surface area (Å²) in [4.78, 5) is 135. The highest BCUT2D eigenvalue weighted by atomic mass is 16.6. The van der Waals surface area contributed by atoms with E-state index in [0.29, 0.717) is 73.3 Å². The lowest BCUT2D eigenvalue weighted by Gasteiger charge is -2.11. The number of aliphatic hydroxyl groups excluding tert-OH is 1. The fourth-order valence-electron chi connectivity index (χ4n) is 17.0. The number of fused-ring (bicyclic) bond motifs is 15. The molecule has 30 nitrogen and oxygen atoms in total. The molecule has 10 N–H and O–H groups in total. The Morgan fingerprint density at radius 2 is 0.729 bits per heavy atom. The number of aromatic amines is 1. The SMILES string of the molecule is CC(=O)CCc1ccc2c3cc(-n4ccnc4)ccc3n(CCC(N)=O)c2c1.CC(=O)c1ccc2c(c1)[nH]c1cc(CO)ccc12.CC(=O)c1ccc2c3cc(-n4ccnc4)ccc3n(CCC(N)=O)c2c1.CC(=O)c1ccc2c3ccc(Cn4ccnc4)cc3n(-c3ccc(C(N)=O)cc3[N+](=O)[O-])c2c1.CC(=O)c1ccc2c3ccc(Cn4ccnc4)cc3n(CCC(N)=O)c2c1. The molecule has 0 unspecified atom stereocenters. The second-order valence-electron chi connectivity index (χ2n) is 32.7. The number of imidazole rings is 4. The maximum absolute atomic E-state index is 12.1. The summed E-state index contributed by atoms with van der Waals surface area (Å²) in [6.07, 6.45) is 23.5. The summed E-state index contributed by atoms with van der Waals surface area (Å²) in [7, 11) is 0. The number of nitro groups is 1. The Bertz CT molecular complexity index is 7980. The van der Waals surface area contributed by atoms with Crippen molar-refractivity contribution in [2.75, 3.05) is 0 Å². The van der Waals surface area contributed by atoms with Crippen LogP contribution in [-0.2, 0) is 64.9 Å². The van der Waals surface area contributed by atoms with Crippen LogP contribution in [0.4, 0.5) is 5.69 Å². The minimum atomic E-state index is -0.752. The van der Waals surface area contributed by atoms with Gasteiger partial charge < -0.3 is 74.4 Å². The van der Waals surface area contributed by atoms with Crippen molar-refractivity contribution in [3.05, 3.63) is 335 Å². The lowest BCUT2D eigenvalue weighted by molar-refractivity contribution is -0.384. The van der Waals surface area contributed by atoms with Gasteiger partial charge in [-0.05, 0) is 160 Å². The number of hydrogen-bond acceptors (Lipinski definition) is 16. The first-order valence-corrected chi connectivity index (χ1v) is 42.8. The van der Waals surface area contributed by atoms with Crippen LogP contribution in [0.25, 0.3) is 126 Å². The number of nitro benzene ring substituents is 1. The minimum absolute atomic E-state index is 0.0118. The van der Waals surface area contributed by atoms with Crippen LogP contribution in [0.1, 0.15) is 134 Å². The summed E-state index contributed by atoms with van der Waals surface area (Å²) in [6.45, 7) is 10.5. The van der Waals surface area contributed by atoms with Crippen LogP contribution in [0.3, 0.4) is 0 Å². The Morgan fingerprint density at radius 1 is 0.361 bits per heavy atom. The number of carbonyl (C=O) groups excluding carboxylic acids is 9. The van der Waals surface area contributed by atoms with Gasteiger partial charge in [0.2, 0.25) is 23.6 Å². The number of rotatable bonds is 26. The number of benzene rings is 11. The Balaban J connectivity index is 0.000000122. The smallest absolute Gasteiger partial charge is 0.294 e. The van der Waals surface area contributed by atoms with Crippen LogP contribution in [0, 0.1) is 10.1 Å². The van der Waals surface area contributed by atoms with Crippen LogP contribution in [0.15, 0.2) is 275 Å². The van der Waals surface area contributed by atoms with E-state index in [1.807, 2.05) is 158 Å². The number of aromatic nitrogens is 13. The Morgan fingerprint density at radius 3 is 1.16 bits per heavy atom. The van der Waals surface area contributed by atoms with Crippen molar-refractivity contribution in [2.45, 2.75) is 106 Å². The molecule has 9 heterocycles. The van der Waals surface area contributed by atoms with Crippen molar-refractivity contribution in [1.82, 2.24) is 61.5 Å². The molecule has 30 heteroatoms. The highest BCUT2D eigenvalue weighted by molar-refractivity contribution is 6.15. The monoisotopic (exact) mass is 1770 g/mol. The van der Waals surface area contributed by atoms with Gasteiger partial charge in [-0.25, -0.2) is 19.9 Å². The molecule has 0 atom stereocenters. The molecule has 0 aliphatic rings. The van der Waals surface area contributed by atoms with Crippen LogP contribution in [0.5, 0.6) is 0 Å². The van der Waals surface area contributed by atoms with Crippen molar-refractivity contribution in [1.29, 1.82) is 0 Å². The highest BCUT2D eigenvalue weighted by Gasteiger charge is 2.25. The van der Waals surface area contributed by atoms with Crippen LogP contribution in [0.2, 0.25) is 0 Å². The van der Waals surface area contributed by atoms with Gasteiger partial charge >= 0.3 is 0 Å². The van der Waals surface area contributed by atoms with Crippen LogP contribution >= 0.6 is 0 Å². The predicted molar refractivity (Wildman–Crippen MR) is 513 cm³/mol. The maximum atomic E-state index is 12.1. The lowest BCUT2D eigenvalue weighted by Crippen LogP contribution is -2.14. The molecule has 20 aromatic rings. The Hall–Kier alpha value is -17.2. The molecule has 4 amide bonds. The van der Waals surface area contributed by atoms with Gasteiger partial charge in [0.15, 0.2) is 23.1 Å². The number of nitrogens with zero attached hydrogens (tertiary/aromatic N) is 13. The second kappa shape index (κ2) is 38.4. The van der Waals surface area contributed by atoms with Crippen molar-refractivity contribution in [3.63, 3.8) is 0 Å². The topological polar surface area (TPSA) is 428 Å². The van der Waals surface area contributed by atoms with E-state index in [9.17, 15) is 53.3 Å². The summed E-state index contributed by atoms with van der Waals surface area (Å²) in [6, 6.07) is 63.3. The third-order valence-electron chi connectivity index (χ3n) is 23.7. The standard InChI is InChI=1S/C25H19N5O4.C22H22N4O2.C21H20N4O2.C20H18N4O2.C15H13NO2/c1-15(31)17-3-6-20-19-5-2-16(13-28-9-8-27-14-28)10-22(19)29(23(20)11-17)21-7-4-18(25(26)32)12-24(21)30(33)34;1-15(27)2-3-16-4-6-18-19-13-17(25-11-9-24-14-25)5-7-20(19)26(21(18)12-16)10-8-22(23)28;1-14(26)16-3-5-18-17-4-2-15(12-24-9-7-23-13-24)10-19(17)25(20(18)11-16)8-6-21(22)27;1-13(25)14-2-4-16-17-11-15(23-9-7-22-12-23)3-5-18(17)24(19(16)10-14)8-6-20(21)26;1-9(18)11-3-5-13-12-4-2-10(8-17)6-14(12)16-15(13)7-11/h2-12,14H,13H2,1H3,(H2,26,32);4-7,9,11-14H,2-3,8,10H2,1H3,(H2,23,28);2-5,7,9-11,13H,6,8,12H2,1H3,(H2,22,27);2-5,7,9-12H,6,8H2,1H3,(H2,21,26);2-7,16-17H,8H2,1H3. The molecule has 0 saturated carbocycles. The van der Waals surface area contributed by atoms with Gasteiger partial charge in [-0.15, -0.1) is 0 Å². The van der Waals surface area contributed by atoms with E-state index in [1.54, 1.807) is 94.5 Å². The first kappa shape index (κ1) is 89.3. The third-order valence-corrected chi connectivity index (χ3v) is 23.7. The Labute approximate surface area is 759 Å².